The van der Waals surface area contributed by atoms with E-state index < -0.39 is 0 Å². The van der Waals surface area contributed by atoms with Crippen molar-refractivity contribution in [2.24, 2.45) is 0 Å². The fourth-order valence-corrected chi connectivity index (χ4v) is 3.17. The summed E-state index contributed by atoms with van der Waals surface area (Å²) in [6, 6.07) is 25.0. The molecule has 0 saturated carbocycles. The number of aromatic amines is 1. The predicted molar refractivity (Wildman–Crippen MR) is 101 cm³/mol. The van der Waals surface area contributed by atoms with E-state index in [1.54, 1.807) is 0 Å². The Morgan fingerprint density at radius 1 is 0.720 bits per heavy atom. The maximum Gasteiger partial charge on any atom is 0.244 e. The number of nitrogens with zero attached hydrogens (tertiary/aromatic N) is 1. The molecule has 2 aromatic heterocycles. The van der Waals surface area contributed by atoms with Crippen LogP contribution in [0.5, 0.6) is 0 Å². The summed E-state index contributed by atoms with van der Waals surface area (Å²) in [5.41, 5.74) is 5.81. The first-order valence-corrected chi connectivity index (χ1v) is 8.61. The highest BCUT2D eigenvalue weighted by molar-refractivity contribution is 9.10. The normalized spacial score (nSPS) is 10.3. The smallest absolute Gasteiger partial charge is 0.244 e. The Balaban J connectivity index is 0.00000182. The van der Waals surface area contributed by atoms with Gasteiger partial charge in [-0.15, -0.1) is 0 Å². The van der Waals surface area contributed by atoms with E-state index in [0.29, 0.717) is 0 Å². The van der Waals surface area contributed by atoms with E-state index in [9.17, 15) is 0 Å². The van der Waals surface area contributed by atoms with Gasteiger partial charge in [-0.25, -0.2) is 0 Å². The van der Waals surface area contributed by atoms with E-state index in [1.807, 2.05) is 24.3 Å². The molecule has 25 heavy (non-hydrogen) atoms. The molecule has 0 fully saturated rings. The summed E-state index contributed by atoms with van der Waals surface area (Å²) in [7, 11) is 0. The molecule has 0 atom stereocenters. The van der Waals surface area contributed by atoms with E-state index in [2.05, 4.69) is 92.6 Å². The maximum atomic E-state index is 3.51. The molecule has 0 aliphatic heterocycles. The molecule has 4 rings (SSSR count). The van der Waals surface area contributed by atoms with Gasteiger partial charge in [0.15, 0.2) is 12.4 Å². The number of H-pyrrole nitrogens is 1. The van der Waals surface area contributed by atoms with Crippen LogP contribution in [0.4, 0.5) is 0 Å². The zero-order chi connectivity index (χ0) is 16.4. The van der Waals surface area contributed by atoms with E-state index in [0.717, 1.165) is 15.9 Å². The minimum atomic E-state index is 0. The third kappa shape index (κ3) is 3.60. The summed E-state index contributed by atoms with van der Waals surface area (Å²) in [4.78, 5) is 3.47. The number of rotatable bonds is 3. The third-order valence-electron chi connectivity index (χ3n) is 4.04. The van der Waals surface area contributed by atoms with E-state index in [-0.39, 0.29) is 17.0 Å². The molecule has 2 nitrogen and oxygen atoms in total. The largest absolute Gasteiger partial charge is 1.00 e. The highest BCUT2D eigenvalue weighted by Crippen LogP contribution is 2.32. The van der Waals surface area contributed by atoms with E-state index in [1.165, 1.54) is 16.7 Å². The molecule has 0 aliphatic carbocycles. The minimum absolute atomic E-state index is 0. The number of benzene rings is 2. The second-order valence-electron chi connectivity index (χ2n) is 5.58. The van der Waals surface area contributed by atoms with Gasteiger partial charge in [-0.2, -0.15) is 4.57 Å². The van der Waals surface area contributed by atoms with Crippen molar-refractivity contribution in [1.82, 2.24) is 4.98 Å². The predicted octanol–water partition coefficient (Wildman–Crippen LogP) is 2.39. The number of hydrogen-bond donors (Lipinski definition) is 1. The molecule has 0 bridgehead atoms. The quantitative estimate of drug-likeness (QED) is 0.457. The number of aromatic nitrogens is 2. The van der Waals surface area contributed by atoms with Gasteiger partial charge >= 0.3 is 0 Å². The second-order valence-corrected chi connectivity index (χ2v) is 6.50. The zero-order valence-electron chi connectivity index (χ0n) is 13.4. The highest BCUT2D eigenvalue weighted by Gasteiger charge is 2.22. The Hall–Kier alpha value is -2.17. The van der Waals surface area contributed by atoms with Crippen LogP contribution in [0.15, 0.2) is 95.9 Å². The van der Waals surface area contributed by atoms with Gasteiger partial charge in [0.1, 0.15) is 5.69 Å². The molecule has 0 saturated heterocycles. The summed E-state index contributed by atoms with van der Waals surface area (Å²) in [5, 5.41) is 0. The van der Waals surface area contributed by atoms with Gasteiger partial charge < -0.3 is 22.0 Å². The van der Waals surface area contributed by atoms with Crippen LogP contribution in [0.25, 0.3) is 28.1 Å². The minimum Gasteiger partial charge on any atom is -1.00 e. The number of halogens is 2. The Labute approximate surface area is 166 Å². The monoisotopic (exact) mass is 454 g/mol. The van der Waals surface area contributed by atoms with Crippen molar-refractivity contribution in [3.05, 3.63) is 95.9 Å². The van der Waals surface area contributed by atoms with Crippen LogP contribution in [0.1, 0.15) is 0 Å². The molecule has 124 valence electrons. The van der Waals surface area contributed by atoms with Crippen LogP contribution in [-0.2, 0) is 0 Å². The molecule has 1 N–H and O–H groups in total. The lowest BCUT2D eigenvalue weighted by Gasteiger charge is -2.04. The lowest BCUT2D eigenvalue weighted by Crippen LogP contribution is -3.00. The number of hydrogen-bond acceptors (Lipinski definition) is 0. The average Bonchev–Trinajstić information content (AvgIpc) is 3.09. The molecule has 0 radical (unpaired) electrons. The summed E-state index contributed by atoms with van der Waals surface area (Å²) in [5.74, 6) is 0. The van der Waals surface area contributed by atoms with Crippen molar-refractivity contribution in [2.45, 2.75) is 0 Å². The molecule has 0 spiro atoms. The standard InChI is InChI=1S/C21H16BrN2.BrH/c22-18-11-9-16(10-12-18)19-15-23-20(17-7-3-1-4-8-17)21(19)24-13-5-2-6-14-24;/h1-15,23H;1H/q+1;/p-1. The molecular formula is C21H16Br2N2. The Morgan fingerprint density at radius 3 is 2.04 bits per heavy atom. The van der Waals surface area contributed by atoms with Crippen LogP contribution in [0.2, 0.25) is 0 Å². The van der Waals surface area contributed by atoms with Crippen molar-refractivity contribution in [3.8, 4) is 28.1 Å². The van der Waals surface area contributed by atoms with Gasteiger partial charge in [0.05, 0.1) is 5.56 Å². The van der Waals surface area contributed by atoms with Crippen molar-refractivity contribution in [1.29, 1.82) is 0 Å². The summed E-state index contributed by atoms with van der Waals surface area (Å²) in [6.45, 7) is 0. The number of pyridine rings is 1. The summed E-state index contributed by atoms with van der Waals surface area (Å²) >= 11 is 3.51. The van der Waals surface area contributed by atoms with Gasteiger partial charge in [0, 0.05) is 28.4 Å². The molecule has 0 amide bonds. The Morgan fingerprint density at radius 2 is 1.36 bits per heavy atom. The molecule has 2 heterocycles. The molecule has 4 heteroatoms. The van der Waals surface area contributed by atoms with Crippen molar-refractivity contribution >= 4 is 15.9 Å². The molecule has 4 aromatic rings. The maximum absolute atomic E-state index is 3.51. The topological polar surface area (TPSA) is 19.7 Å². The average molecular weight is 456 g/mol. The highest BCUT2D eigenvalue weighted by atomic mass is 79.9. The fraction of sp³-hybridized carbons (Fsp3) is 0. The fourth-order valence-electron chi connectivity index (χ4n) is 2.91. The van der Waals surface area contributed by atoms with Crippen molar-refractivity contribution in [2.75, 3.05) is 0 Å². The van der Waals surface area contributed by atoms with Crippen molar-refractivity contribution in [3.63, 3.8) is 0 Å². The van der Waals surface area contributed by atoms with Gasteiger partial charge in [0.2, 0.25) is 5.69 Å². The van der Waals surface area contributed by atoms with Crippen LogP contribution in [0, 0.1) is 0 Å². The molecule has 0 aliphatic rings. The first-order chi connectivity index (χ1) is 11.8. The molecule has 2 aromatic carbocycles. The first-order valence-electron chi connectivity index (χ1n) is 7.82. The molecular weight excluding hydrogens is 440 g/mol. The van der Waals surface area contributed by atoms with Gasteiger partial charge in [-0.3, -0.25) is 0 Å². The van der Waals surface area contributed by atoms with Crippen LogP contribution in [0.3, 0.4) is 0 Å². The van der Waals surface area contributed by atoms with Crippen LogP contribution in [-0.4, -0.2) is 4.98 Å². The first kappa shape index (κ1) is 17.6. The van der Waals surface area contributed by atoms with E-state index >= 15 is 0 Å². The van der Waals surface area contributed by atoms with Crippen molar-refractivity contribution < 1.29 is 21.5 Å². The molecule has 0 unspecified atom stereocenters. The SMILES string of the molecule is Brc1ccc(-c2c[nH]c(-c3ccccc3)c2-[n+]2ccccc2)cc1.[Br-]. The summed E-state index contributed by atoms with van der Waals surface area (Å²) < 4.78 is 3.25. The number of nitrogens with one attached hydrogen (secondary N) is 1. The van der Waals surface area contributed by atoms with Gasteiger partial charge in [-0.05, 0) is 17.7 Å². The van der Waals surface area contributed by atoms with E-state index in [4.69, 9.17) is 0 Å². The lowest BCUT2D eigenvalue weighted by atomic mass is 10.0. The zero-order valence-corrected chi connectivity index (χ0v) is 16.5. The second kappa shape index (κ2) is 7.81. The van der Waals surface area contributed by atoms with Crippen LogP contribution >= 0.6 is 15.9 Å². The third-order valence-corrected chi connectivity index (χ3v) is 4.57. The summed E-state index contributed by atoms with van der Waals surface area (Å²) in [6.07, 6.45) is 6.25. The Kier molecular flexibility index (Phi) is 5.51. The lowest BCUT2D eigenvalue weighted by molar-refractivity contribution is -0.594. The van der Waals surface area contributed by atoms with Gasteiger partial charge in [0.25, 0.3) is 0 Å². The Bertz CT molecular complexity index is 946. The van der Waals surface area contributed by atoms with Crippen LogP contribution < -0.4 is 21.5 Å². The van der Waals surface area contributed by atoms with Gasteiger partial charge in [-0.1, -0.05) is 64.5 Å².